The Kier molecular flexibility index (Phi) is 4.78. The zero-order valence-corrected chi connectivity index (χ0v) is 14.6. The lowest BCUT2D eigenvalue weighted by Gasteiger charge is -2.22. The van der Waals surface area contributed by atoms with Crippen molar-refractivity contribution < 1.29 is 4.79 Å². The Morgan fingerprint density at radius 2 is 1.88 bits per heavy atom. The summed E-state index contributed by atoms with van der Waals surface area (Å²) in [6.45, 7) is 0. The maximum Gasteiger partial charge on any atom is 0.253 e. The van der Waals surface area contributed by atoms with Crippen LogP contribution in [-0.2, 0) is 0 Å². The molecule has 1 aliphatic carbocycles. The van der Waals surface area contributed by atoms with Crippen LogP contribution in [0.2, 0.25) is 0 Å². The van der Waals surface area contributed by atoms with Gasteiger partial charge in [-0.3, -0.25) is 14.8 Å². The molecule has 3 aromatic rings. The number of hydrogen-bond acceptors (Lipinski definition) is 4. The highest BCUT2D eigenvalue weighted by atomic mass is 16.1. The van der Waals surface area contributed by atoms with Crippen molar-refractivity contribution in [2.24, 2.45) is 0 Å². The van der Waals surface area contributed by atoms with Crippen molar-refractivity contribution in [2.45, 2.75) is 38.1 Å². The summed E-state index contributed by atoms with van der Waals surface area (Å²) < 4.78 is 0. The van der Waals surface area contributed by atoms with Gasteiger partial charge < -0.3 is 10.6 Å². The third kappa shape index (κ3) is 3.67. The van der Waals surface area contributed by atoms with E-state index >= 15 is 0 Å². The number of carbonyl (C=O) groups is 1. The van der Waals surface area contributed by atoms with Crippen molar-refractivity contribution in [3.8, 4) is 0 Å². The molecule has 5 nitrogen and oxygen atoms in total. The molecule has 2 heterocycles. The highest BCUT2D eigenvalue weighted by Gasteiger charge is 2.17. The number of benzene rings is 1. The number of amides is 1. The van der Waals surface area contributed by atoms with E-state index < -0.39 is 0 Å². The molecule has 0 unspecified atom stereocenters. The average molecular weight is 346 g/mol. The van der Waals surface area contributed by atoms with Crippen molar-refractivity contribution in [3.63, 3.8) is 0 Å². The first-order valence-corrected chi connectivity index (χ1v) is 9.16. The number of carbonyl (C=O) groups excluding carboxylic acids is 1. The SMILES string of the molecule is O=C(NC1CCCCC1)c1cncc(Nc2cccc3cccnc23)c1. The van der Waals surface area contributed by atoms with E-state index in [1.54, 1.807) is 18.6 Å². The van der Waals surface area contributed by atoms with Crippen LogP contribution in [0.5, 0.6) is 0 Å². The summed E-state index contributed by atoms with van der Waals surface area (Å²) in [5.74, 6) is -0.0518. The number of pyridine rings is 2. The van der Waals surface area contributed by atoms with E-state index in [4.69, 9.17) is 0 Å². The largest absolute Gasteiger partial charge is 0.352 e. The number of para-hydroxylation sites is 1. The third-order valence-electron chi connectivity index (χ3n) is 4.85. The third-order valence-corrected chi connectivity index (χ3v) is 4.85. The fourth-order valence-electron chi connectivity index (χ4n) is 3.51. The summed E-state index contributed by atoms with van der Waals surface area (Å²) in [5.41, 5.74) is 3.15. The predicted molar refractivity (Wildman–Crippen MR) is 104 cm³/mol. The van der Waals surface area contributed by atoms with Crippen LogP contribution < -0.4 is 10.6 Å². The quantitative estimate of drug-likeness (QED) is 0.733. The molecule has 0 saturated heterocycles. The van der Waals surface area contributed by atoms with Gasteiger partial charge in [-0.05, 0) is 31.0 Å². The lowest BCUT2D eigenvalue weighted by molar-refractivity contribution is 0.0927. The molecule has 1 amide bonds. The predicted octanol–water partition coefficient (Wildman–Crippen LogP) is 4.44. The van der Waals surface area contributed by atoms with Crippen LogP contribution in [0.4, 0.5) is 11.4 Å². The highest BCUT2D eigenvalue weighted by Crippen LogP contribution is 2.24. The molecule has 2 N–H and O–H groups in total. The lowest BCUT2D eigenvalue weighted by atomic mass is 9.95. The molecule has 1 aromatic carbocycles. The summed E-state index contributed by atoms with van der Waals surface area (Å²) in [6.07, 6.45) is 10.9. The first kappa shape index (κ1) is 16.5. The number of rotatable bonds is 4. The fraction of sp³-hybridized carbons (Fsp3) is 0.286. The Morgan fingerprint density at radius 3 is 2.77 bits per heavy atom. The van der Waals surface area contributed by atoms with Crippen LogP contribution in [-0.4, -0.2) is 21.9 Å². The van der Waals surface area contributed by atoms with E-state index in [-0.39, 0.29) is 11.9 Å². The van der Waals surface area contributed by atoms with E-state index in [0.717, 1.165) is 35.1 Å². The molecular formula is C21H22N4O. The smallest absolute Gasteiger partial charge is 0.253 e. The van der Waals surface area contributed by atoms with Crippen LogP contribution in [0, 0.1) is 0 Å². The van der Waals surface area contributed by atoms with Crippen LogP contribution in [0.3, 0.4) is 0 Å². The minimum Gasteiger partial charge on any atom is -0.352 e. The number of hydrogen-bond donors (Lipinski definition) is 2. The Balaban J connectivity index is 1.52. The van der Waals surface area contributed by atoms with Crippen molar-refractivity contribution in [2.75, 3.05) is 5.32 Å². The van der Waals surface area contributed by atoms with Gasteiger partial charge in [-0.2, -0.15) is 0 Å². The van der Waals surface area contributed by atoms with Crippen LogP contribution in [0.15, 0.2) is 55.0 Å². The lowest BCUT2D eigenvalue weighted by Crippen LogP contribution is -2.36. The molecule has 2 aromatic heterocycles. The monoisotopic (exact) mass is 346 g/mol. The van der Waals surface area contributed by atoms with Gasteiger partial charge >= 0.3 is 0 Å². The molecule has 1 fully saturated rings. The number of aromatic nitrogens is 2. The molecule has 4 rings (SSSR count). The first-order chi connectivity index (χ1) is 12.8. The van der Waals surface area contributed by atoms with E-state index in [9.17, 15) is 4.79 Å². The standard InChI is InChI=1S/C21H22N4O/c26-21(25-17-8-2-1-3-9-17)16-12-18(14-22-13-16)24-19-10-4-6-15-7-5-11-23-20(15)19/h4-7,10-14,17,24H,1-3,8-9H2,(H,25,26). The second-order valence-electron chi connectivity index (χ2n) is 6.78. The second-order valence-corrected chi connectivity index (χ2v) is 6.78. The maximum atomic E-state index is 12.5. The van der Waals surface area contributed by atoms with Gasteiger partial charge in [0.25, 0.3) is 5.91 Å². The Morgan fingerprint density at radius 1 is 1.04 bits per heavy atom. The molecule has 0 spiro atoms. The number of anilines is 2. The molecule has 0 aliphatic heterocycles. The summed E-state index contributed by atoms with van der Waals surface area (Å²) in [4.78, 5) is 21.2. The van der Waals surface area contributed by atoms with Gasteiger partial charge in [0.2, 0.25) is 0 Å². The fourth-order valence-corrected chi connectivity index (χ4v) is 3.51. The van der Waals surface area contributed by atoms with Crippen LogP contribution in [0.1, 0.15) is 42.5 Å². The Labute approximate surface area is 152 Å². The molecule has 5 heteroatoms. The molecule has 1 saturated carbocycles. The molecule has 0 radical (unpaired) electrons. The van der Waals surface area contributed by atoms with E-state index in [0.29, 0.717) is 5.56 Å². The molecular weight excluding hydrogens is 324 g/mol. The van der Waals surface area contributed by atoms with Crippen molar-refractivity contribution >= 4 is 28.2 Å². The summed E-state index contributed by atoms with van der Waals surface area (Å²) in [6, 6.07) is 12.1. The van der Waals surface area contributed by atoms with Gasteiger partial charge in [0.05, 0.1) is 28.7 Å². The van der Waals surface area contributed by atoms with Gasteiger partial charge in [-0.1, -0.05) is 37.5 Å². The Hall–Kier alpha value is -2.95. The van der Waals surface area contributed by atoms with Crippen molar-refractivity contribution in [1.82, 2.24) is 15.3 Å². The highest BCUT2D eigenvalue weighted by molar-refractivity contribution is 5.96. The topological polar surface area (TPSA) is 66.9 Å². The van der Waals surface area contributed by atoms with E-state index in [1.807, 2.05) is 36.4 Å². The Bertz CT molecular complexity index is 913. The van der Waals surface area contributed by atoms with E-state index in [2.05, 4.69) is 20.6 Å². The number of fused-ring (bicyclic) bond motifs is 1. The van der Waals surface area contributed by atoms with Gasteiger partial charge in [0.15, 0.2) is 0 Å². The zero-order chi connectivity index (χ0) is 17.8. The van der Waals surface area contributed by atoms with Gasteiger partial charge in [0.1, 0.15) is 0 Å². The van der Waals surface area contributed by atoms with Gasteiger partial charge in [0, 0.05) is 23.8 Å². The minimum atomic E-state index is -0.0518. The minimum absolute atomic E-state index is 0.0518. The second kappa shape index (κ2) is 7.52. The molecule has 26 heavy (non-hydrogen) atoms. The van der Waals surface area contributed by atoms with Crippen molar-refractivity contribution in [3.05, 3.63) is 60.6 Å². The summed E-state index contributed by atoms with van der Waals surface area (Å²) in [5, 5.41) is 7.54. The summed E-state index contributed by atoms with van der Waals surface area (Å²) in [7, 11) is 0. The normalized spacial score (nSPS) is 14.9. The summed E-state index contributed by atoms with van der Waals surface area (Å²) >= 11 is 0. The van der Waals surface area contributed by atoms with Gasteiger partial charge in [-0.25, -0.2) is 0 Å². The van der Waals surface area contributed by atoms with E-state index in [1.165, 1.54) is 19.3 Å². The molecule has 132 valence electrons. The average Bonchev–Trinajstić information content (AvgIpc) is 2.69. The molecule has 1 aliphatic rings. The number of nitrogens with one attached hydrogen (secondary N) is 2. The van der Waals surface area contributed by atoms with Gasteiger partial charge in [-0.15, -0.1) is 0 Å². The molecule has 0 bridgehead atoms. The van der Waals surface area contributed by atoms with Crippen LogP contribution >= 0.6 is 0 Å². The molecule has 0 atom stereocenters. The number of nitrogens with zero attached hydrogens (tertiary/aromatic N) is 2. The zero-order valence-electron chi connectivity index (χ0n) is 14.6. The first-order valence-electron chi connectivity index (χ1n) is 9.16. The maximum absolute atomic E-state index is 12.5. The van der Waals surface area contributed by atoms with Crippen molar-refractivity contribution in [1.29, 1.82) is 0 Å². The van der Waals surface area contributed by atoms with Crippen LogP contribution in [0.25, 0.3) is 10.9 Å².